The average Bonchev–Trinajstić information content (AvgIpc) is 3.47. The van der Waals surface area contributed by atoms with E-state index in [1.165, 1.54) is 0 Å². The molecule has 0 N–H and O–H groups in total. The Bertz CT molecular complexity index is 949. The molecule has 2 aromatic heterocycles. The van der Waals surface area contributed by atoms with Gasteiger partial charge in [-0.25, -0.2) is 0 Å². The number of nitrogens with zero attached hydrogens (tertiary/aromatic N) is 4. The minimum Gasteiger partial charge on any atom is -0.588 e. The number of ether oxygens (including phenoxy) is 1. The minimum absolute atomic E-state index is 0.269. The summed E-state index contributed by atoms with van der Waals surface area (Å²) in [5, 5.41) is 0. The smallest absolute Gasteiger partial charge is 0.324 e. The molecule has 7 heteroatoms. The van der Waals surface area contributed by atoms with Crippen molar-refractivity contribution >= 4 is 17.2 Å². The highest BCUT2D eigenvalue weighted by Crippen LogP contribution is 2.42. The van der Waals surface area contributed by atoms with Crippen LogP contribution in [0, 0.1) is 0 Å². The van der Waals surface area contributed by atoms with Crippen molar-refractivity contribution in [3.63, 3.8) is 0 Å². The molecule has 1 saturated carbocycles. The highest BCUT2D eigenvalue weighted by molar-refractivity contribution is 7.93. The fraction of sp³-hybridized carbons (Fsp3) is 0.211. The average molecular weight is 364 g/mol. The molecule has 1 aliphatic heterocycles. The van der Waals surface area contributed by atoms with Gasteiger partial charge in [-0.1, -0.05) is 18.2 Å². The Morgan fingerprint density at radius 2 is 2.00 bits per heavy atom. The first-order valence-electron chi connectivity index (χ1n) is 8.52. The number of aromatic nitrogens is 3. The maximum absolute atomic E-state index is 12.9. The Morgan fingerprint density at radius 1 is 1.12 bits per heavy atom. The molecule has 1 fully saturated rings. The van der Waals surface area contributed by atoms with Gasteiger partial charge in [0.15, 0.2) is 10.7 Å². The number of fused-ring (bicyclic) bond motifs is 1. The van der Waals surface area contributed by atoms with E-state index in [2.05, 4.69) is 15.0 Å². The number of anilines is 1. The second-order valence-electron chi connectivity index (χ2n) is 6.39. The Labute approximate surface area is 154 Å². The molecule has 3 heterocycles. The van der Waals surface area contributed by atoms with Gasteiger partial charge in [0, 0.05) is 23.7 Å². The van der Waals surface area contributed by atoms with Crippen LogP contribution in [0.3, 0.4) is 0 Å². The van der Waals surface area contributed by atoms with E-state index in [1.54, 1.807) is 22.8 Å². The van der Waals surface area contributed by atoms with Crippen molar-refractivity contribution in [1.82, 2.24) is 15.0 Å². The Balaban J connectivity index is 1.51. The summed E-state index contributed by atoms with van der Waals surface area (Å²) in [7, 11) is 0. The molecule has 1 aliphatic carbocycles. The summed E-state index contributed by atoms with van der Waals surface area (Å²) in [6.45, 7) is 0.566. The van der Waals surface area contributed by atoms with Gasteiger partial charge in [-0.2, -0.15) is 14.3 Å². The number of hydrogen-bond donors (Lipinski definition) is 0. The van der Waals surface area contributed by atoms with E-state index in [-0.39, 0.29) is 6.01 Å². The lowest BCUT2D eigenvalue weighted by Gasteiger charge is -2.18. The molecule has 1 unspecified atom stereocenters. The molecule has 5 rings (SSSR count). The zero-order chi connectivity index (χ0) is 17.5. The lowest BCUT2D eigenvalue weighted by molar-refractivity contribution is 0.438. The lowest BCUT2D eigenvalue weighted by atomic mass is 10.2. The topological polar surface area (TPSA) is 74.2 Å². The third-order valence-corrected chi connectivity index (χ3v) is 5.97. The molecule has 2 aliphatic rings. The van der Waals surface area contributed by atoms with Gasteiger partial charge in [-0.3, -0.25) is 4.98 Å². The standard InChI is InChI=1S/C19H16N4O2S/c24-26-17-6-2-1-4-14(17)12-23(26)18-10-16(13-7-8-13)21-19(22-18)25-15-5-3-9-20-11-15/h1-6,9-11,13H,7-8,12H2. The molecule has 0 spiro atoms. The van der Waals surface area contributed by atoms with E-state index in [0.29, 0.717) is 24.0 Å². The van der Waals surface area contributed by atoms with Crippen molar-refractivity contribution in [2.45, 2.75) is 30.2 Å². The third kappa shape index (κ3) is 2.89. The number of benzene rings is 1. The van der Waals surface area contributed by atoms with Crippen LogP contribution in [0.4, 0.5) is 5.82 Å². The van der Waals surface area contributed by atoms with Gasteiger partial charge in [-0.05, 0) is 31.0 Å². The van der Waals surface area contributed by atoms with Crippen molar-refractivity contribution in [3.8, 4) is 11.8 Å². The van der Waals surface area contributed by atoms with Crippen LogP contribution < -0.4 is 9.04 Å². The zero-order valence-electron chi connectivity index (χ0n) is 13.9. The van der Waals surface area contributed by atoms with Crippen LogP contribution in [0.1, 0.15) is 30.0 Å². The van der Waals surface area contributed by atoms with Gasteiger partial charge in [0.25, 0.3) is 0 Å². The summed E-state index contributed by atoms with van der Waals surface area (Å²) in [6.07, 6.45) is 5.54. The van der Waals surface area contributed by atoms with Gasteiger partial charge >= 0.3 is 6.01 Å². The molecule has 1 aromatic carbocycles. The predicted octanol–water partition coefficient (Wildman–Crippen LogP) is 3.58. The van der Waals surface area contributed by atoms with Crippen molar-refractivity contribution < 1.29 is 9.29 Å². The van der Waals surface area contributed by atoms with Gasteiger partial charge < -0.3 is 9.29 Å². The highest BCUT2D eigenvalue weighted by atomic mass is 32.2. The number of rotatable bonds is 4. The number of hydrogen-bond acceptors (Lipinski definition) is 6. The Hall–Kier alpha value is -2.64. The molecule has 0 amide bonds. The minimum atomic E-state index is -1.27. The second kappa shape index (κ2) is 6.26. The molecule has 0 saturated heterocycles. The maximum atomic E-state index is 12.9. The van der Waals surface area contributed by atoms with Crippen LogP contribution in [0.25, 0.3) is 0 Å². The molecule has 26 heavy (non-hydrogen) atoms. The fourth-order valence-corrected chi connectivity index (χ4v) is 4.32. The third-order valence-electron chi connectivity index (χ3n) is 4.48. The molecule has 1 atom stereocenters. The molecule has 0 radical (unpaired) electrons. The SMILES string of the molecule is [O-][S+]1c2ccccc2CN1c1cc(C2CC2)nc(Oc2cccnc2)n1. The van der Waals surface area contributed by atoms with Crippen molar-refractivity contribution in [1.29, 1.82) is 0 Å². The summed E-state index contributed by atoms with van der Waals surface area (Å²) in [6, 6.07) is 13.6. The maximum Gasteiger partial charge on any atom is 0.324 e. The monoisotopic (exact) mass is 364 g/mol. The molecule has 6 nitrogen and oxygen atoms in total. The van der Waals surface area contributed by atoms with Crippen LogP contribution in [0.15, 0.2) is 59.8 Å². The normalized spacial score (nSPS) is 18.7. The van der Waals surface area contributed by atoms with Gasteiger partial charge in [0.1, 0.15) is 17.1 Å². The van der Waals surface area contributed by atoms with E-state index >= 15 is 0 Å². The van der Waals surface area contributed by atoms with Crippen molar-refractivity contribution in [3.05, 3.63) is 66.1 Å². The first-order valence-corrected chi connectivity index (χ1v) is 9.63. The van der Waals surface area contributed by atoms with E-state index in [0.717, 1.165) is 29.0 Å². The van der Waals surface area contributed by atoms with E-state index in [4.69, 9.17) is 4.74 Å². The fourth-order valence-electron chi connectivity index (χ4n) is 3.01. The zero-order valence-corrected chi connectivity index (χ0v) is 14.7. The summed E-state index contributed by atoms with van der Waals surface area (Å²) >= 11 is -1.27. The van der Waals surface area contributed by atoms with Crippen LogP contribution in [0.2, 0.25) is 0 Å². The first-order chi connectivity index (χ1) is 12.8. The van der Waals surface area contributed by atoms with Gasteiger partial charge in [-0.15, -0.1) is 0 Å². The second-order valence-corrected chi connectivity index (χ2v) is 7.77. The summed E-state index contributed by atoms with van der Waals surface area (Å²) in [4.78, 5) is 14.0. The Morgan fingerprint density at radius 3 is 2.77 bits per heavy atom. The largest absolute Gasteiger partial charge is 0.588 e. The van der Waals surface area contributed by atoms with Gasteiger partial charge in [0.05, 0.1) is 18.4 Å². The first kappa shape index (κ1) is 15.6. The lowest BCUT2D eigenvalue weighted by Crippen LogP contribution is -2.25. The van der Waals surface area contributed by atoms with Crippen LogP contribution in [0.5, 0.6) is 11.8 Å². The summed E-state index contributed by atoms with van der Waals surface area (Å²) < 4.78 is 20.5. The van der Waals surface area contributed by atoms with E-state index in [1.807, 2.05) is 36.4 Å². The van der Waals surface area contributed by atoms with Crippen LogP contribution in [-0.4, -0.2) is 19.5 Å². The van der Waals surface area contributed by atoms with Crippen molar-refractivity contribution in [2.24, 2.45) is 0 Å². The molecular formula is C19H16N4O2S. The Kier molecular flexibility index (Phi) is 3.76. The van der Waals surface area contributed by atoms with Crippen LogP contribution in [-0.2, 0) is 17.9 Å². The predicted molar refractivity (Wildman–Crippen MR) is 97.4 cm³/mol. The number of pyridine rings is 1. The van der Waals surface area contributed by atoms with Gasteiger partial charge in [0.2, 0.25) is 0 Å². The molecule has 0 bridgehead atoms. The molecular weight excluding hydrogens is 348 g/mol. The molecule has 3 aromatic rings. The van der Waals surface area contributed by atoms with E-state index < -0.39 is 11.4 Å². The van der Waals surface area contributed by atoms with E-state index in [9.17, 15) is 4.55 Å². The summed E-state index contributed by atoms with van der Waals surface area (Å²) in [5.74, 6) is 1.65. The highest BCUT2D eigenvalue weighted by Gasteiger charge is 2.36. The van der Waals surface area contributed by atoms with Crippen LogP contribution >= 0.6 is 0 Å². The van der Waals surface area contributed by atoms with Crippen molar-refractivity contribution in [2.75, 3.05) is 4.31 Å². The quantitative estimate of drug-likeness (QED) is 0.659. The summed E-state index contributed by atoms with van der Waals surface area (Å²) in [5.41, 5.74) is 2.01. The molecule has 130 valence electrons.